The molecular weight excluding hydrogens is 257 g/mol. The molecule has 3 heteroatoms. The van der Waals surface area contributed by atoms with Gasteiger partial charge in [0.2, 0.25) is 0 Å². The molecule has 1 N–H and O–H groups in total. The summed E-state index contributed by atoms with van der Waals surface area (Å²) in [6.45, 7) is 6.92. The SMILES string of the molecule is CCC(C)(C)NCc1ccc(Br)cc1F. The van der Waals surface area contributed by atoms with Crippen LogP contribution in [-0.2, 0) is 6.54 Å². The van der Waals surface area contributed by atoms with Gasteiger partial charge in [-0.1, -0.05) is 28.9 Å². The maximum Gasteiger partial charge on any atom is 0.128 e. The van der Waals surface area contributed by atoms with Crippen LogP contribution in [0.2, 0.25) is 0 Å². The van der Waals surface area contributed by atoms with Gasteiger partial charge in [0.25, 0.3) is 0 Å². The van der Waals surface area contributed by atoms with Gasteiger partial charge in [0.05, 0.1) is 0 Å². The molecule has 1 nitrogen and oxygen atoms in total. The number of nitrogens with one attached hydrogen (secondary N) is 1. The Hall–Kier alpha value is -0.410. The van der Waals surface area contributed by atoms with Crippen LogP contribution >= 0.6 is 15.9 Å². The summed E-state index contributed by atoms with van der Waals surface area (Å²) >= 11 is 3.24. The molecule has 0 aliphatic rings. The maximum absolute atomic E-state index is 13.5. The van der Waals surface area contributed by atoms with Crippen molar-refractivity contribution in [1.29, 1.82) is 0 Å². The zero-order valence-electron chi connectivity index (χ0n) is 9.40. The molecule has 0 aliphatic heterocycles. The van der Waals surface area contributed by atoms with Crippen LogP contribution in [0.15, 0.2) is 22.7 Å². The molecule has 0 atom stereocenters. The second-order valence-electron chi connectivity index (χ2n) is 4.33. The molecule has 0 heterocycles. The molecule has 0 saturated heterocycles. The van der Waals surface area contributed by atoms with Crippen LogP contribution in [0.5, 0.6) is 0 Å². The van der Waals surface area contributed by atoms with Gasteiger partial charge in [-0.2, -0.15) is 0 Å². The van der Waals surface area contributed by atoms with Crippen molar-refractivity contribution in [2.75, 3.05) is 0 Å². The van der Waals surface area contributed by atoms with E-state index in [-0.39, 0.29) is 11.4 Å². The van der Waals surface area contributed by atoms with E-state index in [1.165, 1.54) is 6.07 Å². The van der Waals surface area contributed by atoms with Crippen LogP contribution in [0.1, 0.15) is 32.8 Å². The monoisotopic (exact) mass is 273 g/mol. The summed E-state index contributed by atoms with van der Waals surface area (Å²) < 4.78 is 14.2. The second kappa shape index (κ2) is 5.08. The van der Waals surface area contributed by atoms with Crippen LogP contribution in [0, 0.1) is 5.82 Å². The minimum absolute atomic E-state index is 0.0551. The molecule has 0 saturated carbocycles. The fourth-order valence-electron chi connectivity index (χ4n) is 1.12. The predicted octanol–water partition coefficient (Wildman–Crippen LogP) is 3.87. The van der Waals surface area contributed by atoms with Crippen LogP contribution in [-0.4, -0.2) is 5.54 Å². The molecule has 0 radical (unpaired) electrons. The first-order valence-corrected chi connectivity index (χ1v) is 5.93. The maximum atomic E-state index is 13.5. The molecule has 84 valence electrons. The molecule has 1 aromatic carbocycles. The van der Waals surface area contributed by atoms with Gasteiger partial charge in [-0.15, -0.1) is 0 Å². The lowest BCUT2D eigenvalue weighted by molar-refractivity contribution is 0.371. The van der Waals surface area contributed by atoms with E-state index >= 15 is 0 Å². The van der Waals surface area contributed by atoms with E-state index in [9.17, 15) is 4.39 Å². The van der Waals surface area contributed by atoms with Crippen molar-refractivity contribution < 1.29 is 4.39 Å². The highest BCUT2D eigenvalue weighted by molar-refractivity contribution is 9.10. The van der Waals surface area contributed by atoms with E-state index < -0.39 is 0 Å². The number of hydrogen-bond donors (Lipinski definition) is 1. The highest BCUT2D eigenvalue weighted by atomic mass is 79.9. The molecule has 0 aromatic heterocycles. The summed E-state index contributed by atoms with van der Waals surface area (Å²) in [6, 6.07) is 5.16. The van der Waals surface area contributed by atoms with Gasteiger partial charge in [-0.25, -0.2) is 4.39 Å². The van der Waals surface area contributed by atoms with E-state index in [2.05, 4.69) is 42.0 Å². The smallest absolute Gasteiger partial charge is 0.128 e. The number of halogens is 2. The molecule has 0 spiro atoms. The molecule has 1 aromatic rings. The van der Waals surface area contributed by atoms with Gasteiger partial charge >= 0.3 is 0 Å². The lowest BCUT2D eigenvalue weighted by atomic mass is 10.0. The molecule has 0 aliphatic carbocycles. The van der Waals surface area contributed by atoms with E-state index in [1.807, 2.05) is 6.07 Å². The van der Waals surface area contributed by atoms with Crippen molar-refractivity contribution in [3.8, 4) is 0 Å². The number of hydrogen-bond acceptors (Lipinski definition) is 1. The van der Waals surface area contributed by atoms with Crippen molar-refractivity contribution in [1.82, 2.24) is 5.32 Å². The third-order valence-corrected chi connectivity index (χ3v) is 3.15. The Morgan fingerprint density at radius 3 is 2.60 bits per heavy atom. The molecule has 15 heavy (non-hydrogen) atoms. The van der Waals surface area contributed by atoms with E-state index in [4.69, 9.17) is 0 Å². The molecular formula is C12H17BrFN. The van der Waals surface area contributed by atoms with Gasteiger partial charge in [0.15, 0.2) is 0 Å². The first kappa shape index (κ1) is 12.7. The molecule has 0 bridgehead atoms. The topological polar surface area (TPSA) is 12.0 Å². The third-order valence-electron chi connectivity index (χ3n) is 2.66. The fourth-order valence-corrected chi connectivity index (χ4v) is 1.46. The Balaban J connectivity index is 2.66. The summed E-state index contributed by atoms with van der Waals surface area (Å²) in [5, 5.41) is 3.33. The minimum atomic E-state index is -0.163. The Labute approximate surface area is 99.2 Å². The van der Waals surface area contributed by atoms with Crippen molar-refractivity contribution in [3.05, 3.63) is 34.1 Å². The van der Waals surface area contributed by atoms with Crippen molar-refractivity contribution in [2.24, 2.45) is 0 Å². The first-order valence-electron chi connectivity index (χ1n) is 5.13. The Morgan fingerprint density at radius 1 is 1.40 bits per heavy atom. The second-order valence-corrected chi connectivity index (χ2v) is 5.24. The lowest BCUT2D eigenvalue weighted by Crippen LogP contribution is -2.38. The van der Waals surface area contributed by atoms with Gasteiger partial charge in [0.1, 0.15) is 5.82 Å². The summed E-state index contributed by atoms with van der Waals surface area (Å²) in [4.78, 5) is 0. The van der Waals surface area contributed by atoms with Crippen LogP contribution in [0.25, 0.3) is 0 Å². The van der Waals surface area contributed by atoms with E-state index in [0.29, 0.717) is 12.1 Å². The minimum Gasteiger partial charge on any atom is -0.308 e. The summed E-state index contributed by atoms with van der Waals surface area (Å²) in [5.41, 5.74) is 0.763. The summed E-state index contributed by atoms with van der Waals surface area (Å²) in [5.74, 6) is -0.163. The Bertz CT molecular complexity index is 336. The molecule has 1 rings (SSSR count). The number of benzene rings is 1. The van der Waals surface area contributed by atoms with Crippen LogP contribution < -0.4 is 5.32 Å². The zero-order valence-corrected chi connectivity index (χ0v) is 11.0. The Kier molecular flexibility index (Phi) is 4.29. The van der Waals surface area contributed by atoms with Gasteiger partial charge in [0, 0.05) is 22.1 Å². The molecule has 0 amide bonds. The van der Waals surface area contributed by atoms with Gasteiger partial charge < -0.3 is 5.32 Å². The summed E-state index contributed by atoms with van der Waals surface area (Å²) in [7, 11) is 0. The molecule has 0 fully saturated rings. The average molecular weight is 274 g/mol. The molecule has 0 unspecified atom stereocenters. The number of rotatable bonds is 4. The highest BCUT2D eigenvalue weighted by Crippen LogP contribution is 2.16. The largest absolute Gasteiger partial charge is 0.308 e. The van der Waals surface area contributed by atoms with Crippen molar-refractivity contribution in [2.45, 2.75) is 39.3 Å². The fraction of sp³-hybridized carbons (Fsp3) is 0.500. The van der Waals surface area contributed by atoms with Gasteiger partial charge in [-0.3, -0.25) is 0 Å². The quantitative estimate of drug-likeness (QED) is 0.879. The predicted molar refractivity (Wildman–Crippen MR) is 65.3 cm³/mol. The normalized spacial score (nSPS) is 11.8. The van der Waals surface area contributed by atoms with E-state index in [1.54, 1.807) is 6.07 Å². The lowest BCUT2D eigenvalue weighted by Gasteiger charge is -2.24. The van der Waals surface area contributed by atoms with E-state index in [0.717, 1.165) is 10.9 Å². The Morgan fingerprint density at radius 2 is 2.07 bits per heavy atom. The van der Waals surface area contributed by atoms with Crippen LogP contribution in [0.4, 0.5) is 4.39 Å². The first-order chi connectivity index (χ1) is 6.94. The van der Waals surface area contributed by atoms with Crippen LogP contribution in [0.3, 0.4) is 0 Å². The summed E-state index contributed by atoms with van der Waals surface area (Å²) in [6.07, 6.45) is 1.02. The standard InChI is InChI=1S/C12H17BrFN/c1-4-12(2,3)15-8-9-5-6-10(13)7-11(9)14/h5-7,15H,4,8H2,1-3H3. The van der Waals surface area contributed by atoms with Crippen molar-refractivity contribution in [3.63, 3.8) is 0 Å². The highest BCUT2D eigenvalue weighted by Gasteiger charge is 2.14. The third kappa shape index (κ3) is 3.92. The van der Waals surface area contributed by atoms with Gasteiger partial charge in [-0.05, 0) is 32.4 Å². The zero-order chi connectivity index (χ0) is 11.5. The average Bonchev–Trinajstić information content (AvgIpc) is 2.16. The van der Waals surface area contributed by atoms with Crippen molar-refractivity contribution >= 4 is 15.9 Å².